The van der Waals surface area contributed by atoms with Crippen LogP contribution >= 0.6 is 0 Å². The smallest absolute Gasteiger partial charge is 0.339 e. The molecule has 2 aromatic rings. The summed E-state index contributed by atoms with van der Waals surface area (Å²) in [5.74, 6) is 0.243. The quantitative estimate of drug-likeness (QED) is 0.106. The van der Waals surface area contributed by atoms with Gasteiger partial charge < -0.3 is 43.6 Å². The zero-order chi connectivity index (χ0) is 59.3. The van der Waals surface area contributed by atoms with E-state index in [0.717, 1.165) is 115 Å². The Balaban J connectivity index is 0.801. The fourth-order valence-electron chi connectivity index (χ4n) is 28.5. The van der Waals surface area contributed by atoms with E-state index in [1.165, 1.54) is 36.8 Å². The lowest BCUT2D eigenvalue weighted by atomic mass is 9.29. The molecule has 19 rings (SSSR count). The number of aliphatic hydroxyl groups is 3. The van der Waals surface area contributed by atoms with Crippen LogP contribution < -0.4 is 5.32 Å². The molecule has 13 heteroatoms. The molecule has 5 saturated heterocycles. The van der Waals surface area contributed by atoms with E-state index in [1.807, 2.05) is 6.07 Å². The van der Waals surface area contributed by atoms with Crippen LogP contribution in [0.3, 0.4) is 0 Å². The number of ketones is 1. The number of hydrogen-bond acceptors (Lipinski definition) is 13. The predicted octanol–water partition coefficient (Wildman–Crippen LogP) is 10.6. The second-order valence-corrected chi connectivity index (χ2v) is 33.4. The highest BCUT2D eigenvalue weighted by molar-refractivity contribution is 5.94. The van der Waals surface area contributed by atoms with Gasteiger partial charge in [0.1, 0.15) is 35.8 Å². The van der Waals surface area contributed by atoms with Crippen molar-refractivity contribution in [1.82, 2.24) is 10.2 Å². The number of carbonyl (C=O) groups is 3. The number of nitrogens with one attached hydrogen (secondary N) is 1. The molecule has 4 N–H and O–H groups in total. The van der Waals surface area contributed by atoms with Gasteiger partial charge in [0.15, 0.2) is 11.9 Å². The van der Waals surface area contributed by atoms with Crippen molar-refractivity contribution in [2.24, 2.45) is 116 Å². The van der Waals surface area contributed by atoms with E-state index in [2.05, 4.69) is 84.9 Å². The molecule has 6 spiro atoms. The van der Waals surface area contributed by atoms with Crippen molar-refractivity contribution >= 4 is 17.7 Å². The van der Waals surface area contributed by atoms with Gasteiger partial charge in [0, 0.05) is 46.7 Å². The number of allylic oxidation sites excluding steroid dienone is 3. The molecular weight excluding hydrogens is 1100 g/mol. The minimum absolute atomic E-state index is 0.0599. The number of carbonyl (C=O) groups excluding carboxylic acids is 3. The number of benzene rings is 1. The molecule has 17 aliphatic rings. The Morgan fingerprint density at radius 1 is 0.841 bits per heavy atom. The van der Waals surface area contributed by atoms with Crippen LogP contribution in [0.4, 0.5) is 0 Å². The summed E-state index contributed by atoms with van der Waals surface area (Å²) in [6.45, 7) is 6.36. The first-order valence-electron chi connectivity index (χ1n) is 35.7. The third kappa shape index (κ3) is 6.46. The van der Waals surface area contributed by atoms with E-state index in [4.69, 9.17) is 23.4 Å². The molecule has 9 saturated carbocycles. The first-order valence-corrected chi connectivity index (χ1v) is 35.7. The molecule has 1 aromatic carbocycles. The number of hydrogen-bond donors (Lipinski definition) is 4. The number of rotatable bonds is 9. The van der Waals surface area contributed by atoms with Gasteiger partial charge in [-0.25, -0.2) is 4.79 Å². The van der Waals surface area contributed by atoms with Crippen LogP contribution in [0.25, 0.3) is 0 Å². The van der Waals surface area contributed by atoms with Crippen molar-refractivity contribution in [2.45, 2.75) is 202 Å². The molecule has 14 fully saturated rings. The van der Waals surface area contributed by atoms with E-state index < -0.39 is 86.6 Å². The third-order valence-corrected chi connectivity index (χ3v) is 31.0. The number of aliphatic hydroxyl groups excluding tert-OH is 3. The van der Waals surface area contributed by atoms with Crippen molar-refractivity contribution in [2.75, 3.05) is 26.4 Å². The Bertz CT molecular complexity index is 3340. The van der Waals surface area contributed by atoms with Gasteiger partial charge in [0.05, 0.1) is 48.5 Å². The summed E-state index contributed by atoms with van der Waals surface area (Å²) in [5.41, 5.74) is -4.27. The van der Waals surface area contributed by atoms with Crippen molar-refractivity contribution in [3.05, 3.63) is 95.6 Å². The number of cyclic esters (lactones) is 2. The number of esters is 2. The summed E-state index contributed by atoms with van der Waals surface area (Å²) in [4.78, 5) is 52.0. The van der Waals surface area contributed by atoms with Crippen molar-refractivity contribution in [1.29, 1.82) is 0 Å². The minimum Gasteiger partial charge on any atom is -0.469 e. The van der Waals surface area contributed by atoms with Crippen molar-refractivity contribution in [3.8, 4) is 0 Å². The lowest BCUT2D eigenvalue weighted by Crippen LogP contribution is -2.82. The Kier molecular flexibility index (Phi) is 11.9. The van der Waals surface area contributed by atoms with Crippen molar-refractivity contribution < 1.29 is 53.1 Å². The molecule has 28 atom stereocenters. The Morgan fingerprint density at radius 3 is 2.58 bits per heavy atom. The highest BCUT2D eigenvalue weighted by atomic mass is 16.7. The Hall–Kier alpha value is -4.11. The van der Waals surface area contributed by atoms with Crippen LogP contribution in [0.1, 0.15) is 165 Å². The SMILES string of the molecule is C[C@@H]1[C@H]2CCCC[C@H]2C=C[C@]12CCC[C@]13O[C@]45C(=C[C@@H]21)C[C@H]1CCC[C@]12C[C@@H]1C[C@@]6(C)[C@H](c7ccoc7C[C@@H]([C@@H]7CC[C@H]8[C@H](C=CN9CNC[C@H]89)C7)[C@H](O)CO)OC(=O)[C@H]7O[C@]76[C@]6([C@H]7CCC[C@H](Cc8ccccc8)C7)[C@H](O)C(=O)[C@H]3[C@@]4(COC(=O)[C@H]25)[C@@H]16. The first-order chi connectivity index (χ1) is 42.7. The zero-order valence-electron chi connectivity index (χ0n) is 51.9. The first kappa shape index (κ1) is 55.5. The number of ether oxygens (including phenoxy) is 4. The summed E-state index contributed by atoms with van der Waals surface area (Å²) >= 11 is 0. The Labute approximate surface area is 518 Å². The molecular formula is C75H94N2O11. The van der Waals surface area contributed by atoms with Gasteiger partial charge in [-0.1, -0.05) is 101 Å². The number of nitrogens with zero attached hydrogens (tertiary/aromatic N) is 1. The summed E-state index contributed by atoms with van der Waals surface area (Å²) in [5, 5.41) is 41.5. The van der Waals surface area contributed by atoms with E-state index >= 15 is 14.4 Å². The molecule has 88 heavy (non-hydrogen) atoms. The van der Waals surface area contributed by atoms with Crippen LogP contribution in [0.15, 0.2) is 83.2 Å². The highest BCUT2D eigenvalue weighted by Gasteiger charge is 2.99. The molecule has 7 aliphatic heterocycles. The topological polar surface area (TPSA) is 181 Å². The van der Waals surface area contributed by atoms with E-state index in [0.29, 0.717) is 60.7 Å². The van der Waals surface area contributed by atoms with Gasteiger partial charge in [0.25, 0.3) is 0 Å². The average molecular weight is 1200 g/mol. The second-order valence-electron chi connectivity index (χ2n) is 33.4. The van der Waals surface area contributed by atoms with Crippen LogP contribution in [-0.4, -0.2) is 106 Å². The maximum absolute atomic E-state index is 17.8. The van der Waals surface area contributed by atoms with Crippen LogP contribution in [-0.2, 0) is 46.2 Å². The van der Waals surface area contributed by atoms with Crippen LogP contribution in [0, 0.1) is 116 Å². The summed E-state index contributed by atoms with van der Waals surface area (Å²) in [6, 6.07) is 13.2. The van der Waals surface area contributed by atoms with Gasteiger partial charge >= 0.3 is 11.9 Å². The molecule has 1 aromatic heterocycles. The molecule has 470 valence electrons. The monoisotopic (exact) mass is 1200 g/mol. The third-order valence-electron chi connectivity index (χ3n) is 31.0. The van der Waals surface area contributed by atoms with Gasteiger partial charge in [-0.15, -0.1) is 0 Å². The molecule has 0 unspecified atom stereocenters. The van der Waals surface area contributed by atoms with Gasteiger partial charge in [-0.3, -0.25) is 14.9 Å². The number of fused-ring (bicyclic) bond motifs is 5. The van der Waals surface area contributed by atoms with Gasteiger partial charge in [-0.2, -0.15) is 0 Å². The lowest BCUT2D eigenvalue weighted by molar-refractivity contribution is -0.301. The van der Waals surface area contributed by atoms with Gasteiger partial charge in [-0.05, 0) is 203 Å². The standard InChI is InChI=1S/C75H94N2O11/c1-41-51-17-7-6-14-44(51)20-26-69(41)24-10-25-72-58(69)33-50-32-48-16-9-23-70(48)36-47-35-68(2)64(53-22-28-84-57(53)34-54(56(79)38-78)45-18-19-52-46(31-45)21-27-77-40-76-37-55(52)77)86-67(83)65-75(68,87-65)73(49-15-8-13-43(30-49)29-42-11-4-3-5-12-42)60(47)71(61(72)59(80)63(73)81)39-85-66(82)62(70)74(50,71)88-72/h3-5,11-12,20-22,26-28,33,41,43-49,51-52,54-56,58,60-65,76,78-79,81H,6-10,13-19,23-25,29-32,34-40H2,1-2H3/t41-,43-,44+,45-,46-,47+,48-,49+,51-,52+,54+,55-,56-,58+,60-,61+,62-,63-,64+,65-,68+,69-,70+,71-,72+,73+,74+,75-/m1/s1. The zero-order valence-corrected chi connectivity index (χ0v) is 51.9. The summed E-state index contributed by atoms with van der Waals surface area (Å²) in [6.07, 6.45) is 30.0. The maximum Gasteiger partial charge on any atom is 0.339 e. The fourth-order valence-corrected chi connectivity index (χ4v) is 28.5. The van der Waals surface area contributed by atoms with E-state index in [-0.39, 0.29) is 71.8 Å². The maximum atomic E-state index is 17.8. The highest BCUT2D eigenvalue weighted by Crippen LogP contribution is 2.91. The largest absolute Gasteiger partial charge is 0.469 e. The van der Waals surface area contributed by atoms with Gasteiger partial charge in [0.2, 0.25) is 0 Å². The lowest BCUT2D eigenvalue weighted by Gasteiger charge is -2.73. The summed E-state index contributed by atoms with van der Waals surface area (Å²) < 4.78 is 37.3. The average Bonchev–Trinajstić information content (AvgIpc) is 1.41. The normalized spacial score (nSPS) is 53.2. The van der Waals surface area contributed by atoms with Crippen LogP contribution in [0.5, 0.6) is 0 Å². The predicted molar refractivity (Wildman–Crippen MR) is 324 cm³/mol. The molecule has 13 nitrogen and oxygen atoms in total. The van der Waals surface area contributed by atoms with E-state index in [9.17, 15) is 15.3 Å². The molecule has 8 heterocycles. The number of Topliss-reactive ketones (excluding diaryl/α,β-unsaturated/α-hetero) is 1. The summed E-state index contributed by atoms with van der Waals surface area (Å²) in [7, 11) is 0. The number of furan rings is 1. The molecule has 10 aliphatic carbocycles. The Morgan fingerprint density at radius 2 is 1.70 bits per heavy atom. The number of epoxide rings is 1. The van der Waals surface area contributed by atoms with Crippen LogP contribution in [0.2, 0.25) is 0 Å². The second kappa shape index (κ2) is 18.8. The molecule has 0 amide bonds. The molecule has 0 radical (unpaired) electrons. The van der Waals surface area contributed by atoms with E-state index in [1.54, 1.807) is 6.26 Å². The van der Waals surface area contributed by atoms with Crippen molar-refractivity contribution in [3.63, 3.8) is 0 Å². The minimum atomic E-state index is -1.50. The molecule has 5 bridgehead atoms. The fraction of sp³-hybridized carbons (Fsp3) is 0.747.